The second-order valence-corrected chi connectivity index (χ2v) is 6.46. The lowest BCUT2D eigenvalue weighted by Gasteiger charge is -2.41. The predicted molar refractivity (Wildman–Crippen MR) is 75.1 cm³/mol. The molecule has 104 valence electrons. The molecule has 4 nitrogen and oxygen atoms in total. The molecule has 2 aliphatic heterocycles. The first kappa shape index (κ1) is 13.1. The van der Waals surface area contributed by atoms with Crippen molar-refractivity contribution >= 4 is 17.3 Å². The maximum Gasteiger partial charge on any atom is 0.326 e. The van der Waals surface area contributed by atoms with Crippen molar-refractivity contribution in [1.82, 2.24) is 10.2 Å². The first-order valence-electron chi connectivity index (χ1n) is 6.83. The van der Waals surface area contributed by atoms with Crippen molar-refractivity contribution in [3.8, 4) is 0 Å². The summed E-state index contributed by atoms with van der Waals surface area (Å²) >= 11 is 1.72. The Morgan fingerprint density at radius 2 is 2.53 bits per heavy atom. The van der Waals surface area contributed by atoms with Crippen molar-refractivity contribution in [2.24, 2.45) is 5.92 Å². The van der Waals surface area contributed by atoms with Crippen molar-refractivity contribution in [3.63, 3.8) is 0 Å². The van der Waals surface area contributed by atoms with E-state index < -0.39 is 5.54 Å². The Balaban J connectivity index is 1.78. The lowest BCUT2D eigenvalue weighted by Crippen LogP contribution is -2.61. The van der Waals surface area contributed by atoms with E-state index in [0.29, 0.717) is 5.92 Å². The zero-order valence-electron chi connectivity index (χ0n) is 11.2. The first-order chi connectivity index (χ1) is 9.24. The van der Waals surface area contributed by atoms with E-state index >= 15 is 0 Å². The second kappa shape index (κ2) is 5.23. The largest absolute Gasteiger partial charge is 0.468 e. The molecule has 0 amide bonds. The molecule has 0 saturated carbocycles. The molecule has 2 fully saturated rings. The topological polar surface area (TPSA) is 41.6 Å². The number of carbonyl (C=O) groups excluding carboxylic acids is 1. The number of thiophene rings is 1. The van der Waals surface area contributed by atoms with Gasteiger partial charge in [0.1, 0.15) is 5.54 Å². The molecule has 3 heterocycles. The molecule has 3 unspecified atom stereocenters. The molecule has 1 aromatic rings. The molecule has 1 N–H and O–H groups in total. The highest BCUT2D eigenvalue weighted by molar-refractivity contribution is 7.09. The average Bonchev–Trinajstić information content (AvgIpc) is 3.08. The summed E-state index contributed by atoms with van der Waals surface area (Å²) in [4.78, 5) is 16.0. The number of rotatable bonds is 4. The normalized spacial score (nSPS) is 33.3. The molecule has 0 spiro atoms. The minimum absolute atomic E-state index is 0.0874. The molecule has 3 atom stereocenters. The van der Waals surface area contributed by atoms with Gasteiger partial charge in [-0.2, -0.15) is 0 Å². The Morgan fingerprint density at radius 1 is 1.63 bits per heavy atom. The monoisotopic (exact) mass is 280 g/mol. The molecule has 3 rings (SSSR count). The van der Waals surface area contributed by atoms with Crippen molar-refractivity contribution in [3.05, 3.63) is 22.4 Å². The fourth-order valence-corrected chi connectivity index (χ4v) is 4.03. The van der Waals surface area contributed by atoms with Gasteiger partial charge in [0, 0.05) is 30.4 Å². The van der Waals surface area contributed by atoms with Crippen LogP contribution in [-0.2, 0) is 16.1 Å². The second-order valence-electron chi connectivity index (χ2n) is 5.43. The van der Waals surface area contributed by atoms with Gasteiger partial charge in [-0.1, -0.05) is 6.07 Å². The summed E-state index contributed by atoms with van der Waals surface area (Å²) < 4.78 is 5.10. The van der Waals surface area contributed by atoms with Crippen molar-refractivity contribution in [2.45, 2.75) is 24.9 Å². The molecule has 0 radical (unpaired) electrons. The van der Waals surface area contributed by atoms with E-state index in [-0.39, 0.29) is 5.97 Å². The van der Waals surface area contributed by atoms with Gasteiger partial charge >= 0.3 is 5.97 Å². The zero-order chi connectivity index (χ0) is 13.3. The van der Waals surface area contributed by atoms with E-state index in [1.807, 2.05) is 6.07 Å². The van der Waals surface area contributed by atoms with E-state index in [1.165, 1.54) is 12.0 Å². The van der Waals surface area contributed by atoms with E-state index in [1.54, 1.807) is 11.3 Å². The Kier molecular flexibility index (Phi) is 3.60. The zero-order valence-corrected chi connectivity index (χ0v) is 12.0. The molecular formula is C14H20N2O2S. The van der Waals surface area contributed by atoms with Crippen LogP contribution in [0.4, 0.5) is 0 Å². The number of hydrogen-bond acceptors (Lipinski definition) is 5. The Bertz CT molecular complexity index is 448. The third-order valence-electron chi connectivity index (χ3n) is 4.50. The van der Waals surface area contributed by atoms with Crippen molar-refractivity contribution in [2.75, 3.05) is 26.7 Å². The number of ether oxygens (including phenoxy) is 1. The smallest absolute Gasteiger partial charge is 0.326 e. The summed E-state index contributed by atoms with van der Waals surface area (Å²) in [6.45, 7) is 3.88. The number of methoxy groups -OCH3 is 1. The van der Waals surface area contributed by atoms with Gasteiger partial charge in [-0.15, -0.1) is 11.3 Å². The highest BCUT2D eigenvalue weighted by Crippen LogP contribution is 2.37. The van der Waals surface area contributed by atoms with Gasteiger partial charge in [0.25, 0.3) is 0 Å². The molecular weight excluding hydrogens is 260 g/mol. The third kappa shape index (κ3) is 2.30. The summed E-state index contributed by atoms with van der Waals surface area (Å²) in [6.07, 6.45) is 1.95. The first-order valence-corrected chi connectivity index (χ1v) is 7.71. The summed E-state index contributed by atoms with van der Waals surface area (Å²) in [5.41, 5.74) is -0.480. The number of esters is 1. The van der Waals surface area contributed by atoms with Gasteiger partial charge in [0.05, 0.1) is 7.11 Å². The number of piperidine rings is 1. The average molecular weight is 280 g/mol. The molecule has 0 aliphatic carbocycles. The number of nitrogens with one attached hydrogen (secondary N) is 1. The maximum absolute atomic E-state index is 12.3. The Morgan fingerprint density at radius 3 is 3.26 bits per heavy atom. The van der Waals surface area contributed by atoms with Crippen LogP contribution in [0.2, 0.25) is 0 Å². The minimum Gasteiger partial charge on any atom is -0.468 e. The van der Waals surface area contributed by atoms with Crippen LogP contribution in [0.5, 0.6) is 0 Å². The van der Waals surface area contributed by atoms with Gasteiger partial charge in [0.15, 0.2) is 0 Å². The minimum atomic E-state index is -0.480. The number of carbonyl (C=O) groups is 1. The molecule has 5 heteroatoms. The lowest BCUT2D eigenvalue weighted by atomic mass is 9.78. The summed E-state index contributed by atoms with van der Waals surface area (Å²) in [5, 5.41) is 5.59. The van der Waals surface area contributed by atoms with Crippen molar-refractivity contribution in [1.29, 1.82) is 0 Å². The number of hydrogen-bond donors (Lipinski definition) is 1. The van der Waals surface area contributed by atoms with Crippen LogP contribution in [0.25, 0.3) is 0 Å². The summed E-state index contributed by atoms with van der Waals surface area (Å²) in [7, 11) is 1.50. The quantitative estimate of drug-likeness (QED) is 0.848. The maximum atomic E-state index is 12.3. The van der Waals surface area contributed by atoms with Gasteiger partial charge in [-0.3, -0.25) is 10.1 Å². The molecule has 19 heavy (non-hydrogen) atoms. The fourth-order valence-electron chi connectivity index (χ4n) is 3.39. The Hall–Kier alpha value is -0.910. The van der Waals surface area contributed by atoms with Gasteiger partial charge in [0.2, 0.25) is 0 Å². The summed E-state index contributed by atoms with van der Waals surface area (Å²) in [5.74, 6) is 0.296. The lowest BCUT2D eigenvalue weighted by molar-refractivity contribution is -0.153. The standard InChI is InChI=1S/C14H20N2O2S/c1-18-13(17)14(15-9-12-3-2-8-19-12)5-7-16-6-4-11(14)10-16/h2-3,8,11,15H,4-7,9-10H2,1H3. The van der Waals surface area contributed by atoms with Crippen LogP contribution >= 0.6 is 11.3 Å². The van der Waals surface area contributed by atoms with E-state index in [9.17, 15) is 4.79 Å². The summed E-state index contributed by atoms with van der Waals surface area (Å²) in [6, 6.07) is 4.15. The predicted octanol–water partition coefficient (Wildman–Crippen LogP) is 1.48. The Labute approximate surface area is 117 Å². The van der Waals surface area contributed by atoms with Crippen LogP contribution in [0.1, 0.15) is 17.7 Å². The molecule has 2 saturated heterocycles. The molecule has 2 bridgehead atoms. The third-order valence-corrected chi connectivity index (χ3v) is 5.38. The van der Waals surface area contributed by atoms with E-state index in [2.05, 4.69) is 21.7 Å². The number of nitrogens with zero attached hydrogens (tertiary/aromatic N) is 1. The van der Waals surface area contributed by atoms with Gasteiger partial charge in [-0.25, -0.2) is 0 Å². The number of fused-ring (bicyclic) bond motifs is 2. The van der Waals surface area contributed by atoms with Crippen LogP contribution in [0.3, 0.4) is 0 Å². The van der Waals surface area contributed by atoms with Crippen LogP contribution in [0.15, 0.2) is 17.5 Å². The van der Waals surface area contributed by atoms with Crippen LogP contribution in [-0.4, -0.2) is 43.2 Å². The molecule has 2 aliphatic rings. The van der Waals surface area contributed by atoms with Crippen LogP contribution in [0, 0.1) is 5.92 Å². The molecule has 1 aromatic heterocycles. The van der Waals surface area contributed by atoms with E-state index in [0.717, 1.165) is 39.0 Å². The highest BCUT2D eigenvalue weighted by atomic mass is 32.1. The highest BCUT2D eigenvalue weighted by Gasteiger charge is 2.51. The van der Waals surface area contributed by atoms with Gasteiger partial charge < -0.3 is 9.64 Å². The SMILES string of the molecule is COC(=O)C1(NCc2cccs2)CCN2CCC1C2. The van der Waals surface area contributed by atoms with Gasteiger partial charge in [-0.05, 0) is 30.8 Å². The molecule has 0 aromatic carbocycles. The van der Waals surface area contributed by atoms with Crippen LogP contribution < -0.4 is 5.32 Å². The fraction of sp³-hybridized carbons (Fsp3) is 0.643. The van der Waals surface area contributed by atoms with E-state index in [4.69, 9.17) is 4.74 Å². The van der Waals surface area contributed by atoms with Crippen molar-refractivity contribution < 1.29 is 9.53 Å².